The number of carboxylic acids is 1. The standard InChI is InChI=1S/C12H14Cl2O4S/c1-3-7(2)6-19(17,18)9-5-4-8(13)10(11(9)14)12(15)16/h4-5,7H,3,6H2,1-2H3,(H,15,16). The Morgan fingerprint density at radius 1 is 1.37 bits per heavy atom. The summed E-state index contributed by atoms with van der Waals surface area (Å²) in [5, 5.41) is 8.59. The summed E-state index contributed by atoms with van der Waals surface area (Å²) in [6.07, 6.45) is 0.705. The van der Waals surface area contributed by atoms with Crippen molar-refractivity contribution in [3.63, 3.8) is 0 Å². The van der Waals surface area contributed by atoms with E-state index in [4.69, 9.17) is 28.3 Å². The highest BCUT2D eigenvalue weighted by atomic mass is 35.5. The molecule has 0 aromatic heterocycles. The van der Waals surface area contributed by atoms with Crippen LogP contribution in [0.1, 0.15) is 30.6 Å². The maximum atomic E-state index is 12.2. The van der Waals surface area contributed by atoms with Crippen LogP contribution >= 0.6 is 23.2 Å². The van der Waals surface area contributed by atoms with Crippen LogP contribution < -0.4 is 0 Å². The third kappa shape index (κ3) is 3.61. The van der Waals surface area contributed by atoms with Crippen molar-refractivity contribution in [2.45, 2.75) is 25.2 Å². The minimum atomic E-state index is -3.63. The van der Waals surface area contributed by atoms with Crippen LogP contribution in [0.15, 0.2) is 17.0 Å². The maximum Gasteiger partial charge on any atom is 0.338 e. The van der Waals surface area contributed by atoms with Gasteiger partial charge < -0.3 is 5.11 Å². The first-order chi connectivity index (χ1) is 8.70. The minimum Gasteiger partial charge on any atom is -0.478 e. The molecule has 0 amide bonds. The number of rotatable bonds is 5. The van der Waals surface area contributed by atoms with Crippen molar-refractivity contribution < 1.29 is 18.3 Å². The lowest BCUT2D eigenvalue weighted by Gasteiger charge is -2.12. The van der Waals surface area contributed by atoms with E-state index in [0.29, 0.717) is 6.42 Å². The van der Waals surface area contributed by atoms with Crippen LogP contribution in [0.25, 0.3) is 0 Å². The van der Waals surface area contributed by atoms with Crippen LogP contribution in [0.4, 0.5) is 0 Å². The topological polar surface area (TPSA) is 71.4 Å². The van der Waals surface area contributed by atoms with E-state index in [1.165, 1.54) is 12.1 Å². The number of hydrogen-bond acceptors (Lipinski definition) is 3. The molecule has 0 heterocycles. The molecule has 0 aliphatic carbocycles. The van der Waals surface area contributed by atoms with E-state index in [1.807, 2.05) is 6.92 Å². The Hall–Kier alpha value is -0.780. The van der Waals surface area contributed by atoms with E-state index in [-0.39, 0.29) is 32.2 Å². The smallest absolute Gasteiger partial charge is 0.338 e. The van der Waals surface area contributed by atoms with Gasteiger partial charge in [-0.25, -0.2) is 13.2 Å². The number of sulfone groups is 1. The number of carbonyl (C=O) groups is 1. The Morgan fingerprint density at radius 2 is 1.95 bits per heavy atom. The van der Waals surface area contributed by atoms with E-state index in [0.717, 1.165) is 0 Å². The minimum absolute atomic E-state index is 0.0370. The molecule has 0 bridgehead atoms. The molecule has 0 fully saturated rings. The van der Waals surface area contributed by atoms with Gasteiger partial charge in [-0.3, -0.25) is 0 Å². The molecular formula is C12H14Cl2O4S. The zero-order valence-corrected chi connectivity index (χ0v) is 12.8. The molecule has 7 heteroatoms. The summed E-state index contributed by atoms with van der Waals surface area (Å²) in [5.74, 6) is -1.47. The highest BCUT2D eigenvalue weighted by Crippen LogP contribution is 2.32. The van der Waals surface area contributed by atoms with Gasteiger partial charge in [0.05, 0.1) is 26.3 Å². The van der Waals surface area contributed by atoms with Gasteiger partial charge in [0.1, 0.15) is 0 Å². The van der Waals surface area contributed by atoms with Crippen molar-refractivity contribution in [1.82, 2.24) is 0 Å². The highest BCUT2D eigenvalue weighted by molar-refractivity contribution is 7.91. The molecule has 1 unspecified atom stereocenters. The average molecular weight is 325 g/mol. The first-order valence-electron chi connectivity index (χ1n) is 5.64. The van der Waals surface area contributed by atoms with Gasteiger partial charge in [0.15, 0.2) is 9.84 Å². The molecule has 0 spiro atoms. The third-order valence-corrected chi connectivity index (χ3v) is 5.64. The molecule has 19 heavy (non-hydrogen) atoms. The predicted molar refractivity (Wildman–Crippen MR) is 74.9 cm³/mol. The number of hydrogen-bond donors (Lipinski definition) is 1. The van der Waals surface area contributed by atoms with Crippen LogP contribution in [0.5, 0.6) is 0 Å². The molecule has 1 rings (SSSR count). The Labute approximate surface area is 122 Å². The van der Waals surface area contributed by atoms with Gasteiger partial charge in [0.25, 0.3) is 0 Å². The molecule has 0 aliphatic rings. The fourth-order valence-electron chi connectivity index (χ4n) is 1.55. The summed E-state index contributed by atoms with van der Waals surface area (Å²) in [6, 6.07) is 2.48. The van der Waals surface area contributed by atoms with Crippen molar-refractivity contribution in [3.8, 4) is 0 Å². The van der Waals surface area contributed by atoms with Gasteiger partial charge in [-0.15, -0.1) is 0 Å². The summed E-state index contributed by atoms with van der Waals surface area (Å²) in [7, 11) is -3.63. The Morgan fingerprint density at radius 3 is 2.42 bits per heavy atom. The van der Waals surface area contributed by atoms with Gasteiger partial charge in [-0.2, -0.15) is 0 Å². The molecule has 1 N–H and O–H groups in total. The van der Waals surface area contributed by atoms with Gasteiger partial charge in [0, 0.05) is 0 Å². The summed E-state index contributed by atoms with van der Waals surface area (Å²) in [6.45, 7) is 3.69. The molecule has 1 atom stereocenters. The van der Waals surface area contributed by atoms with Crippen molar-refractivity contribution in [2.75, 3.05) is 5.75 Å². The van der Waals surface area contributed by atoms with Gasteiger partial charge >= 0.3 is 5.97 Å². The zero-order chi connectivity index (χ0) is 14.8. The van der Waals surface area contributed by atoms with E-state index in [9.17, 15) is 13.2 Å². The first kappa shape index (κ1) is 16.3. The summed E-state index contributed by atoms with van der Waals surface area (Å²) in [5.41, 5.74) is -0.381. The fourth-order valence-corrected chi connectivity index (χ4v) is 4.25. The van der Waals surface area contributed by atoms with E-state index in [1.54, 1.807) is 6.92 Å². The van der Waals surface area contributed by atoms with Crippen LogP contribution in [-0.4, -0.2) is 25.2 Å². The van der Waals surface area contributed by atoms with Crippen LogP contribution in [0.3, 0.4) is 0 Å². The van der Waals surface area contributed by atoms with Gasteiger partial charge in [-0.05, 0) is 18.1 Å². The molecular weight excluding hydrogens is 311 g/mol. The molecule has 1 aromatic carbocycles. The van der Waals surface area contributed by atoms with E-state index < -0.39 is 15.8 Å². The SMILES string of the molecule is CCC(C)CS(=O)(=O)c1ccc(Cl)c(C(=O)O)c1Cl. The predicted octanol–water partition coefficient (Wildman–Crippen LogP) is 3.51. The monoisotopic (exact) mass is 324 g/mol. The molecule has 0 aliphatic heterocycles. The molecule has 1 aromatic rings. The quantitative estimate of drug-likeness (QED) is 0.899. The summed E-state index contributed by atoms with van der Waals surface area (Å²) < 4.78 is 24.4. The number of aromatic carboxylic acids is 1. The average Bonchev–Trinajstić information content (AvgIpc) is 2.27. The van der Waals surface area contributed by atoms with Crippen molar-refractivity contribution in [2.24, 2.45) is 5.92 Å². The molecule has 0 radical (unpaired) electrons. The van der Waals surface area contributed by atoms with Crippen LogP contribution in [0, 0.1) is 5.92 Å². The first-order valence-corrected chi connectivity index (χ1v) is 8.05. The number of carboxylic acid groups (broad SMARTS) is 1. The second-order valence-corrected chi connectivity index (χ2v) is 7.12. The lowest BCUT2D eigenvalue weighted by atomic mass is 10.2. The van der Waals surface area contributed by atoms with Gasteiger partial charge in [0.2, 0.25) is 0 Å². The molecule has 106 valence electrons. The molecule has 4 nitrogen and oxygen atoms in total. The highest BCUT2D eigenvalue weighted by Gasteiger charge is 2.25. The molecule has 0 saturated heterocycles. The number of benzene rings is 1. The number of halogens is 2. The third-order valence-electron chi connectivity index (χ3n) is 2.81. The lowest BCUT2D eigenvalue weighted by Crippen LogP contribution is -2.15. The van der Waals surface area contributed by atoms with Crippen LogP contribution in [-0.2, 0) is 9.84 Å². The van der Waals surface area contributed by atoms with Gasteiger partial charge in [-0.1, -0.05) is 43.5 Å². The second-order valence-electron chi connectivity index (χ2n) is 4.33. The van der Waals surface area contributed by atoms with Crippen molar-refractivity contribution in [3.05, 3.63) is 27.7 Å². The van der Waals surface area contributed by atoms with Crippen molar-refractivity contribution in [1.29, 1.82) is 0 Å². The van der Waals surface area contributed by atoms with Crippen molar-refractivity contribution >= 4 is 39.0 Å². The molecule has 0 saturated carbocycles. The fraction of sp³-hybridized carbons (Fsp3) is 0.417. The Bertz CT molecular complexity index is 596. The zero-order valence-electron chi connectivity index (χ0n) is 10.5. The Kier molecular flexibility index (Phi) is 5.24. The van der Waals surface area contributed by atoms with E-state index >= 15 is 0 Å². The van der Waals surface area contributed by atoms with Crippen LogP contribution in [0.2, 0.25) is 10.0 Å². The maximum absolute atomic E-state index is 12.2. The second kappa shape index (κ2) is 6.11. The lowest BCUT2D eigenvalue weighted by molar-refractivity contribution is 0.0697. The Balaban J connectivity index is 3.37. The summed E-state index contributed by atoms with van der Waals surface area (Å²) >= 11 is 11.6. The summed E-state index contributed by atoms with van der Waals surface area (Å²) in [4.78, 5) is 10.9. The normalized spacial score (nSPS) is 13.3. The van der Waals surface area contributed by atoms with E-state index in [2.05, 4.69) is 0 Å². The largest absolute Gasteiger partial charge is 0.478 e.